The zero-order chi connectivity index (χ0) is 9.07. The lowest BCUT2D eigenvalue weighted by Crippen LogP contribution is -2.23. The van der Waals surface area contributed by atoms with Crippen molar-refractivity contribution in [1.82, 2.24) is 0 Å². The van der Waals surface area contributed by atoms with Crippen LogP contribution in [0.25, 0.3) is 0 Å². The van der Waals surface area contributed by atoms with Gasteiger partial charge < -0.3 is 4.74 Å². The van der Waals surface area contributed by atoms with Gasteiger partial charge in [0.25, 0.3) is 9.05 Å². The maximum absolute atomic E-state index is 10.6. The van der Waals surface area contributed by atoms with Crippen molar-refractivity contribution in [3.8, 4) is 0 Å². The first-order chi connectivity index (χ1) is 4.89. The Balaban J connectivity index is 4.27. The largest absolute Gasteiger partial charge is 0.464 e. The third kappa shape index (κ3) is 3.79. The van der Waals surface area contributed by atoms with Crippen LogP contribution in [0.4, 0.5) is 0 Å². The number of halogens is 2. The van der Waals surface area contributed by atoms with E-state index >= 15 is 0 Å². The van der Waals surface area contributed by atoms with Crippen LogP contribution >= 0.6 is 22.3 Å². The molecular weight excluding hydrogens is 215 g/mol. The molecule has 0 amide bonds. The highest BCUT2D eigenvalue weighted by Gasteiger charge is 2.29. The van der Waals surface area contributed by atoms with Crippen LogP contribution in [0.2, 0.25) is 0 Å². The fourth-order valence-electron chi connectivity index (χ4n) is 0.323. The topological polar surface area (TPSA) is 60.4 Å². The van der Waals surface area contributed by atoms with Crippen molar-refractivity contribution in [2.75, 3.05) is 6.61 Å². The molecule has 0 radical (unpaired) electrons. The van der Waals surface area contributed by atoms with Crippen LogP contribution in [0.3, 0.4) is 0 Å². The van der Waals surface area contributed by atoms with Crippen LogP contribution in [-0.2, 0) is 18.6 Å². The molecule has 0 heterocycles. The Bertz CT molecular complexity index is 234. The van der Waals surface area contributed by atoms with Gasteiger partial charge in [0.1, 0.15) is 0 Å². The molecule has 0 bridgehead atoms. The van der Waals surface area contributed by atoms with Crippen molar-refractivity contribution in [3.63, 3.8) is 0 Å². The Labute approximate surface area is 73.8 Å². The molecule has 4 nitrogen and oxygen atoms in total. The van der Waals surface area contributed by atoms with Crippen molar-refractivity contribution in [1.29, 1.82) is 0 Å². The van der Waals surface area contributed by atoms with Gasteiger partial charge in [-0.25, -0.2) is 13.2 Å². The van der Waals surface area contributed by atoms with Crippen molar-refractivity contribution in [2.45, 2.75) is 11.6 Å². The van der Waals surface area contributed by atoms with E-state index in [-0.39, 0.29) is 6.61 Å². The molecule has 0 aliphatic rings. The molecule has 0 fully saturated rings. The number of hydrogen-bond donors (Lipinski definition) is 0. The molecule has 0 saturated heterocycles. The summed E-state index contributed by atoms with van der Waals surface area (Å²) < 4.78 is 23.2. The second-order valence-corrected chi connectivity index (χ2v) is 4.95. The molecular formula is C4H6Cl2O4S. The summed E-state index contributed by atoms with van der Waals surface area (Å²) in [6.45, 7) is 1.59. The highest BCUT2D eigenvalue weighted by atomic mass is 35.7. The van der Waals surface area contributed by atoms with E-state index < -0.39 is 19.7 Å². The van der Waals surface area contributed by atoms with E-state index in [1.807, 2.05) is 0 Å². The van der Waals surface area contributed by atoms with E-state index in [0.29, 0.717) is 0 Å². The Morgan fingerprint density at radius 1 is 1.64 bits per heavy atom. The Hall–Kier alpha value is -0.000000000000000111. The van der Waals surface area contributed by atoms with Gasteiger partial charge in [-0.1, -0.05) is 11.6 Å². The van der Waals surface area contributed by atoms with Gasteiger partial charge in [0.2, 0.25) is 4.71 Å². The number of rotatable bonds is 3. The summed E-state index contributed by atoms with van der Waals surface area (Å²) in [7, 11) is 0.693. The van der Waals surface area contributed by atoms with Gasteiger partial charge in [-0.15, -0.1) is 0 Å². The van der Waals surface area contributed by atoms with E-state index in [1.54, 1.807) is 0 Å². The summed E-state index contributed by atoms with van der Waals surface area (Å²) in [5.41, 5.74) is 0. The number of carbonyl (C=O) groups excluding carboxylic acids is 1. The van der Waals surface area contributed by atoms with Gasteiger partial charge in [-0.2, -0.15) is 0 Å². The molecule has 0 aromatic rings. The van der Waals surface area contributed by atoms with E-state index in [9.17, 15) is 13.2 Å². The van der Waals surface area contributed by atoms with Crippen molar-refractivity contribution >= 4 is 37.3 Å². The SMILES string of the molecule is CCOC(=O)C(Cl)S(=O)(=O)Cl. The molecule has 1 unspecified atom stereocenters. The number of hydrogen-bond acceptors (Lipinski definition) is 4. The van der Waals surface area contributed by atoms with E-state index in [2.05, 4.69) is 4.74 Å². The van der Waals surface area contributed by atoms with Crippen LogP contribution in [0.5, 0.6) is 0 Å². The van der Waals surface area contributed by atoms with Gasteiger partial charge >= 0.3 is 5.97 Å². The van der Waals surface area contributed by atoms with Gasteiger partial charge in [0.05, 0.1) is 6.61 Å². The molecule has 66 valence electrons. The monoisotopic (exact) mass is 220 g/mol. The molecule has 0 N–H and O–H groups in total. The fraction of sp³-hybridized carbons (Fsp3) is 0.750. The van der Waals surface area contributed by atoms with Crippen LogP contribution in [-0.4, -0.2) is 25.7 Å². The summed E-state index contributed by atoms with van der Waals surface area (Å²) in [5.74, 6) is -1.05. The maximum atomic E-state index is 10.6. The van der Waals surface area contributed by atoms with Crippen molar-refractivity contribution < 1.29 is 17.9 Å². The fourth-order valence-corrected chi connectivity index (χ4v) is 0.902. The maximum Gasteiger partial charge on any atom is 0.341 e. The summed E-state index contributed by atoms with van der Waals surface area (Å²) in [5, 5.41) is 0. The third-order valence-corrected chi connectivity index (χ3v) is 3.10. The van der Waals surface area contributed by atoms with E-state index in [0.717, 1.165) is 0 Å². The van der Waals surface area contributed by atoms with Crippen LogP contribution in [0, 0.1) is 0 Å². The van der Waals surface area contributed by atoms with Gasteiger partial charge in [-0.05, 0) is 6.92 Å². The lowest BCUT2D eigenvalue weighted by atomic mass is 10.7. The van der Waals surface area contributed by atoms with Crippen molar-refractivity contribution in [2.24, 2.45) is 0 Å². The predicted octanol–water partition coefficient (Wildman–Crippen LogP) is 0.683. The summed E-state index contributed by atoms with van der Waals surface area (Å²) in [6, 6.07) is 0. The average Bonchev–Trinajstić information content (AvgIpc) is 1.85. The lowest BCUT2D eigenvalue weighted by molar-refractivity contribution is -0.140. The number of alkyl halides is 1. The van der Waals surface area contributed by atoms with Crippen LogP contribution < -0.4 is 0 Å². The second-order valence-electron chi connectivity index (χ2n) is 1.54. The highest BCUT2D eigenvalue weighted by Crippen LogP contribution is 2.12. The zero-order valence-electron chi connectivity index (χ0n) is 5.58. The Morgan fingerprint density at radius 2 is 2.09 bits per heavy atom. The first kappa shape index (κ1) is 11.0. The molecule has 7 heteroatoms. The van der Waals surface area contributed by atoms with E-state index in [4.69, 9.17) is 22.3 Å². The molecule has 0 aliphatic heterocycles. The molecule has 0 aromatic carbocycles. The standard InChI is InChI=1S/C4H6Cl2O4S/c1-2-10-4(7)3(5)11(6,8)9/h3H,2H2,1H3. The van der Waals surface area contributed by atoms with Gasteiger partial charge in [0, 0.05) is 10.7 Å². The predicted molar refractivity (Wildman–Crippen MR) is 41.0 cm³/mol. The second kappa shape index (κ2) is 4.13. The van der Waals surface area contributed by atoms with Gasteiger partial charge in [-0.3, -0.25) is 0 Å². The molecule has 1 atom stereocenters. The number of carbonyl (C=O) groups is 1. The normalized spacial score (nSPS) is 14.1. The molecule has 0 aliphatic carbocycles. The minimum absolute atomic E-state index is 0.0640. The number of ether oxygens (including phenoxy) is 1. The van der Waals surface area contributed by atoms with Crippen LogP contribution in [0.15, 0.2) is 0 Å². The molecule has 0 aromatic heterocycles. The Morgan fingerprint density at radius 3 is 2.36 bits per heavy atom. The molecule has 0 saturated carbocycles. The minimum Gasteiger partial charge on any atom is -0.464 e. The summed E-state index contributed by atoms with van der Waals surface area (Å²) in [4.78, 5) is 10.6. The summed E-state index contributed by atoms with van der Waals surface area (Å²) in [6.07, 6.45) is 0. The molecule has 11 heavy (non-hydrogen) atoms. The van der Waals surface area contributed by atoms with Crippen molar-refractivity contribution in [3.05, 3.63) is 0 Å². The molecule has 0 spiro atoms. The van der Waals surface area contributed by atoms with E-state index in [1.165, 1.54) is 6.92 Å². The average molecular weight is 221 g/mol. The third-order valence-electron chi connectivity index (χ3n) is 0.719. The highest BCUT2D eigenvalue weighted by molar-refractivity contribution is 8.15. The quantitative estimate of drug-likeness (QED) is 0.399. The van der Waals surface area contributed by atoms with Crippen LogP contribution in [0.1, 0.15) is 6.92 Å². The zero-order valence-corrected chi connectivity index (χ0v) is 7.91. The Kier molecular flexibility index (Phi) is 4.13. The first-order valence-corrected chi connectivity index (χ1v) is 5.44. The smallest absolute Gasteiger partial charge is 0.341 e. The first-order valence-electron chi connectivity index (χ1n) is 2.63. The number of esters is 1. The minimum atomic E-state index is -4.06. The molecule has 0 rings (SSSR count). The van der Waals surface area contributed by atoms with Gasteiger partial charge in [0.15, 0.2) is 0 Å². The lowest BCUT2D eigenvalue weighted by Gasteiger charge is -2.03. The summed E-state index contributed by atoms with van der Waals surface area (Å²) >= 11 is 5.09.